The number of rotatable bonds is 6. The zero-order valence-electron chi connectivity index (χ0n) is 10.5. The second kappa shape index (κ2) is 7.08. The number of halogens is 1. The smallest absolute Gasteiger partial charge is 0.0318 e. The minimum Gasteiger partial charge on any atom is -0.310 e. The molecular formula is C14H22BrN. The first-order valence-corrected chi connectivity index (χ1v) is 6.95. The number of hydrogen-bond donors (Lipinski definition) is 1. The molecule has 16 heavy (non-hydrogen) atoms. The van der Waals surface area contributed by atoms with Crippen molar-refractivity contribution in [2.24, 2.45) is 5.92 Å². The molecule has 0 aliphatic carbocycles. The van der Waals surface area contributed by atoms with E-state index in [1.807, 2.05) is 0 Å². The predicted octanol–water partition coefficient (Wildman–Crippen LogP) is 4.54. The Balaban J connectivity index is 2.60. The molecule has 2 heteroatoms. The minimum atomic E-state index is 0.478. The molecule has 0 amide bonds. The largest absolute Gasteiger partial charge is 0.310 e. The second-order valence-corrected chi connectivity index (χ2v) is 5.35. The third-order valence-corrected chi connectivity index (χ3v) is 3.56. The van der Waals surface area contributed by atoms with Crippen LogP contribution in [0.3, 0.4) is 0 Å². The Morgan fingerprint density at radius 2 is 2.00 bits per heavy atom. The standard InChI is InChI=1S/C14H22BrN/c1-4-11(3)10-16-14(5-2)12-7-6-8-13(15)9-12/h6-9,11,14,16H,4-5,10H2,1-3H3. The van der Waals surface area contributed by atoms with Crippen molar-refractivity contribution in [3.05, 3.63) is 34.3 Å². The molecule has 0 saturated heterocycles. The molecular weight excluding hydrogens is 262 g/mol. The zero-order chi connectivity index (χ0) is 12.0. The highest BCUT2D eigenvalue weighted by Gasteiger charge is 2.09. The van der Waals surface area contributed by atoms with E-state index in [4.69, 9.17) is 0 Å². The molecule has 0 radical (unpaired) electrons. The van der Waals surface area contributed by atoms with Crippen molar-refractivity contribution in [1.82, 2.24) is 5.32 Å². The van der Waals surface area contributed by atoms with Gasteiger partial charge in [0.05, 0.1) is 0 Å². The molecule has 0 heterocycles. The van der Waals surface area contributed by atoms with Gasteiger partial charge in [-0.1, -0.05) is 55.3 Å². The van der Waals surface area contributed by atoms with Crippen LogP contribution < -0.4 is 5.32 Å². The zero-order valence-corrected chi connectivity index (χ0v) is 12.0. The van der Waals surface area contributed by atoms with E-state index in [0.29, 0.717) is 6.04 Å². The summed E-state index contributed by atoms with van der Waals surface area (Å²) in [5.74, 6) is 0.751. The second-order valence-electron chi connectivity index (χ2n) is 4.44. The highest BCUT2D eigenvalue weighted by atomic mass is 79.9. The topological polar surface area (TPSA) is 12.0 Å². The molecule has 0 aliphatic heterocycles. The van der Waals surface area contributed by atoms with E-state index >= 15 is 0 Å². The fraction of sp³-hybridized carbons (Fsp3) is 0.571. The molecule has 2 atom stereocenters. The summed E-state index contributed by atoms with van der Waals surface area (Å²) in [5.41, 5.74) is 1.38. The maximum atomic E-state index is 3.64. The lowest BCUT2D eigenvalue weighted by Crippen LogP contribution is -2.25. The Morgan fingerprint density at radius 1 is 1.25 bits per heavy atom. The van der Waals surface area contributed by atoms with Crippen LogP contribution in [-0.2, 0) is 0 Å². The van der Waals surface area contributed by atoms with Gasteiger partial charge in [0.15, 0.2) is 0 Å². The van der Waals surface area contributed by atoms with Gasteiger partial charge in [0.2, 0.25) is 0 Å². The highest BCUT2D eigenvalue weighted by Crippen LogP contribution is 2.20. The molecule has 0 bridgehead atoms. The van der Waals surface area contributed by atoms with E-state index in [-0.39, 0.29) is 0 Å². The Kier molecular flexibility index (Phi) is 6.07. The average Bonchev–Trinajstić information content (AvgIpc) is 2.29. The highest BCUT2D eigenvalue weighted by molar-refractivity contribution is 9.10. The Morgan fingerprint density at radius 3 is 2.56 bits per heavy atom. The lowest BCUT2D eigenvalue weighted by molar-refractivity contribution is 0.438. The number of nitrogens with one attached hydrogen (secondary N) is 1. The van der Waals surface area contributed by atoms with Gasteiger partial charge in [-0.3, -0.25) is 0 Å². The summed E-state index contributed by atoms with van der Waals surface area (Å²) in [6, 6.07) is 9.06. The molecule has 1 N–H and O–H groups in total. The Bertz CT molecular complexity index is 311. The van der Waals surface area contributed by atoms with Crippen LogP contribution in [0.2, 0.25) is 0 Å². The van der Waals surface area contributed by atoms with Crippen LogP contribution in [0.1, 0.15) is 45.2 Å². The van der Waals surface area contributed by atoms with Crippen molar-refractivity contribution in [2.45, 2.75) is 39.7 Å². The fourth-order valence-electron chi connectivity index (χ4n) is 1.71. The van der Waals surface area contributed by atoms with Gasteiger partial charge in [-0.05, 0) is 36.6 Å². The van der Waals surface area contributed by atoms with Gasteiger partial charge in [0.25, 0.3) is 0 Å². The maximum Gasteiger partial charge on any atom is 0.0318 e. The van der Waals surface area contributed by atoms with Crippen molar-refractivity contribution in [2.75, 3.05) is 6.54 Å². The first-order chi connectivity index (χ1) is 7.67. The molecule has 2 unspecified atom stereocenters. The summed E-state index contributed by atoms with van der Waals surface area (Å²) in [4.78, 5) is 0. The van der Waals surface area contributed by atoms with Gasteiger partial charge in [-0.2, -0.15) is 0 Å². The summed E-state index contributed by atoms with van der Waals surface area (Å²) in [5, 5.41) is 3.64. The van der Waals surface area contributed by atoms with Crippen molar-refractivity contribution in [1.29, 1.82) is 0 Å². The van der Waals surface area contributed by atoms with E-state index in [1.165, 1.54) is 12.0 Å². The molecule has 1 rings (SSSR count). The van der Waals surface area contributed by atoms with Gasteiger partial charge in [-0.15, -0.1) is 0 Å². The summed E-state index contributed by atoms with van der Waals surface area (Å²) in [6.07, 6.45) is 2.37. The normalized spacial score (nSPS) is 14.8. The summed E-state index contributed by atoms with van der Waals surface area (Å²) in [6.45, 7) is 7.86. The molecule has 90 valence electrons. The van der Waals surface area contributed by atoms with Gasteiger partial charge >= 0.3 is 0 Å². The lowest BCUT2D eigenvalue weighted by Gasteiger charge is -2.20. The lowest BCUT2D eigenvalue weighted by atomic mass is 10.0. The van der Waals surface area contributed by atoms with Crippen LogP contribution >= 0.6 is 15.9 Å². The maximum absolute atomic E-state index is 3.64. The molecule has 0 aromatic heterocycles. The minimum absolute atomic E-state index is 0.478. The van der Waals surface area contributed by atoms with Gasteiger partial charge in [0.1, 0.15) is 0 Å². The van der Waals surface area contributed by atoms with Crippen LogP contribution in [0.25, 0.3) is 0 Å². The van der Waals surface area contributed by atoms with Gasteiger partial charge in [-0.25, -0.2) is 0 Å². The SMILES string of the molecule is CCC(C)CNC(CC)c1cccc(Br)c1. The Labute approximate surface area is 108 Å². The quantitative estimate of drug-likeness (QED) is 0.809. The fourth-order valence-corrected chi connectivity index (χ4v) is 2.13. The van der Waals surface area contributed by atoms with Crippen molar-refractivity contribution < 1.29 is 0 Å². The van der Waals surface area contributed by atoms with Gasteiger partial charge < -0.3 is 5.32 Å². The first-order valence-electron chi connectivity index (χ1n) is 6.16. The van der Waals surface area contributed by atoms with Crippen LogP contribution in [0.4, 0.5) is 0 Å². The summed E-state index contributed by atoms with van der Waals surface area (Å²) in [7, 11) is 0. The molecule has 0 saturated carbocycles. The summed E-state index contributed by atoms with van der Waals surface area (Å²) >= 11 is 3.53. The molecule has 1 nitrogen and oxygen atoms in total. The van der Waals surface area contributed by atoms with E-state index in [2.05, 4.69) is 66.3 Å². The van der Waals surface area contributed by atoms with E-state index in [0.717, 1.165) is 23.4 Å². The molecule has 0 fully saturated rings. The number of hydrogen-bond acceptors (Lipinski definition) is 1. The number of benzene rings is 1. The van der Waals surface area contributed by atoms with Crippen molar-refractivity contribution in [3.63, 3.8) is 0 Å². The van der Waals surface area contributed by atoms with Crippen LogP contribution in [0, 0.1) is 5.92 Å². The van der Waals surface area contributed by atoms with E-state index in [9.17, 15) is 0 Å². The Hall–Kier alpha value is -0.340. The third-order valence-electron chi connectivity index (χ3n) is 3.07. The predicted molar refractivity (Wildman–Crippen MR) is 74.6 cm³/mol. The van der Waals surface area contributed by atoms with Gasteiger partial charge in [0, 0.05) is 10.5 Å². The monoisotopic (exact) mass is 283 g/mol. The van der Waals surface area contributed by atoms with Crippen molar-refractivity contribution >= 4 is 15.9 Å². The van der Waals surface area contributed by atoms with Crippen LogP contribution in [0.5, 0.6) is 0 Å². The first kappa shape index (κ1) is 13.7. The average molecular weight is 284 g/mol. The summed E-state index contributed by atoms with van der Waals surface area (Å²) < 4.78 is 1.16. The van der Waals surface area contributed by atoms with Crippen molar-refractivity contribution in [3.8, 4) is 0 Å². The molecule has 0 aliphatic rings. The van der Waals surface area contributed by atoms with E-state index in [1.54, 1.807) is 0 Å². The van der Waals surface area contributed by atoms with Crippen LogP contribution in [0.15, 0.2) is 28.7 Å². The molecule has 1 aromatic rings. The molecule has 1 aromatic carbocycles. The molecule has 0 spiro atoms. The van der Waals surface area contributed by atoms with Crippen LogP contribution in [-0.4, -0.2) is 6.54 Å². The third kappa shape index (κ3) is 4.26. The van der Waals surface area contributed by atoms with E-state index < -0.39 is 0 Å².